The van der Waals surface area contributed by atoms with Crippen LogP contribution in [0.4, 0.5) is 4.79 Å². The average molecular weight is 531 g/mol. The van der Waals surface area contributed by atoms with Crippen LogP contribution in [0.2, 0.25) is 0 Å². The second kappa shape index (κ2) is 13.1. The Morgan fingerprint density at radius 1 is 0.923 bits per heavy atom. The van der Waals surface area contributed by atoms with Crippen LogP contribution in [0.5, 0.6) is 0 Å². The van der Waals surface area contributed by atoms with Crippen molar-refractivity contribution in [3.8, 4) is 11.1 Å². The SMILES string of the molecule is C[C@H](OCc1ccccc1)[C@@H](NC(=O)OCC1c2ccccc2-c2ccccc21)C(=O)N(C)CCCC(=O)O. The van der Waals surface area contributed by atoms with Gasteiger partial charge in [0.25, 0.3) is 0 Å². The molecule has 0 fully saturated rings. The number of amides is 2. The quantitative estimate of drug-likeness (QED) is 0.348. The molecule has 0 aliphatic heterocycles. The number of rotatable bonds is 12. The van der Waals surface area contributed by atoms with Crippen LogP contribution in [0.1, 0.15) is 42.4 Å². The van der Waals surface area contributed by atoms with Crippen LogP contribution in [0, 0.1) is 0 Å². The van der Waals surface area contributed by atoms with Crippen LogP contribution < -0.4 is 5.32 Å². The van der Waals surface area contributed by atoms with E-state index in [1.54, 1.807) is 14.0 Å². The van der Waals surface area contributed by atoms with Crippen molar-refractivity contribution in [2.45, 2.75) is 44.4 Å². The number of carboxylic acids is 1. The predicted molar refractivity (Wildman–Crippen MR) is 147 cm³/mol. The van der Waals surface area contributed by atoms with Gasteiger partial charge in [0.15, 0.2) is 0 Å². The zero-order chi connectivity index (χ0) is 27.8. The fourth-order valence-corrected chi connectivity index (χ4v) is 4.86. The summed E-state index contributed by atoms with van der Waals surface area (Å²) in [6.07, 6.45) is -1.14. The van der Waals surface area contributed by atoms with E-state index in [0.29, 0.717) is 6.42 Å². The molecule has 0 bridgehead atoms. The van der Waals surface area contributed by atoms with Crippen molar-refractivity contribution in [3.63, 3.8) is 0 Å². The topological polar surface area (TPSA) is 105 Å². The van der Waals surface area contributed by atoms with Gasteiger partial charge < -0.3 is 24.8 Å². The smallest absolute Gasteiger partial charge is 0.407 e. The van der Waals surface area contributed by atoms with E-state index in [1.165, 1.54) is 4.90 Å². The molecule has 0 heterocycles. The predicted octanol–water partition coefficient (Wildman–Crippen LogP) is 4.82. The molecule has 8 heteroatoms. The summed E-state index contributed by atoms with van der Waals surface area (Å²) in [6.45, 7) is 2.34. The van der Waals surface area contributed by atoms with Crippen molar-refractivity contribution in [1.82, 2.24) is 10.2 Å². The molecule has 8 nitrogen and oxygen atoms in total. The van der Waals surface area contributed by atoms with Gasteiger partial charge in [0, 0.05) is 25.9 Å². The highest BCUT2D eigenvalue weighted by Crippen LogP contribution is 2.44. The third-order valence-electron chi connectivity index (χ3n) is 6.97. The number of carbonyl (C=O) groups excluding carboxylic acids is 2. The summed E-state index contributed by atoms with van der Waals surface area (Å²) in [5.41, 5.74) is 5.38. The Hall–Kier alpha value is -4.17. The number of likely N-dealkylation sites (N-methyl/N-ethyl adjacent to an activating group) is 1. The Kier molecular flexibility index (Phi) is 9.33. The third kappa shape index (κ3) is 7.03. The molecule has 0 unspecified atom stereocenters. The first-order valence-electron chi connectivity index (χ1n) is 13.1. The molecular weight excluding hydrogens is 496 g/mol. The van der Waals surface area contributed by atoms with Gasteiger partial charge in [-0.3, -0.25) is 9.59 Å². The molecule has 0 spiro atoms. The van der Waals surface area contributed by atoms with E-state index >= 15 is 0 Å². The number of alkyl carbamates (subject to hydrolysis) is 1. The standard InChI is InChI=1S/C31H34N2O6/c1-21(38-19-22-11-4-3-5-12-22)29(30(36)33(2)18-10-17-28(34)35)32-31(37)39-20-27-25-15-8-6-13-23(25)24-14-7-9-16-26(24)27/h3-9,11-16,21,27,29H,10,17-20H2,1-2H3,(H,32,37)(H,34,35)/t21-,29+/m0/s1. The monoisotopic (exact) mass is 530 g/mol. The minimum atomic E-state index is -1.01. The molecule has 4 rings (SSSR count). The number of carboxylic acid groups (broad SMARTS) is 1. The number of carbonyl (C=O) groups is 3. The Labute approximate surface area is 228 Å². The van der Waals surface area contributed by atoms with Crippen molar-refractivity contribution in [1.29, 1.82) is 0 Å². The van der Waals surface area contributed by atoms with Gasteiger partial charge in [-0.15, -0.1) is 0 Å². The molecule has 0 radical (unpaired) electrons. The summed E-state index contributed by atoms with van der Waals surface area (Å²) in [5, 5.41) is 11.6. The van der Waals surface area contributed by atoms with Crippen molar-refractivity contribution >= 4 is 18.0 Å². The van der Waals surface area contributed by atoms with E-state index in [1.807, 2.05) is 66.7 Å². The van der Waals surface area contributed by atoms with E-state index in [-0.39, 0.29) is 38.0 Å². The zero-order valence-electron chi connectivity index (χ0n) is 22.2. The number of aliphatic carboxylic acids is 1. The fourth-order valence-electron chi connectivity index (χ4n) is 4.86. The Bertz CT molecular complexity index is 1250. The van der Waals surface area contributed by atoms with Crippen molar-refractivity contribution in [2.24, 2.45) is 0 Å². The normalized spacial score (nSPS) is 13.6. The van der Waals surface area contributed by atoms with E-state index in [4.69, 9.17) is 14.6 Å². The maximum absolute atomic E-state index is 13.3. The van der Waals surface area contributed by atoms with Gasteiger partial charge >= 0.3 is 12.1 Å². The lowest BCUT2D eigenvalue weighted by atomic mass is 9.98. The maximum Gasteiger partial charge on any atom is 0.407 e. The number of benzene rings is 3. The molecule has 0 aromatic heterocycles. The minimum absolute atomic E-state index is 0.0534. The molecule has 3 aromatic rings. The lowest BCUT2D eigenvalue weighted by Crippen LogP contribution is -2.53. The Balaban J connectivity index is 1.43. The van der Waals surface area contributed by atoms with E-state index < -0.39 is 24.2 Å². The van der Waals surface area contributed by atoms with Gasteiger partial charge in [-0.1, -0.05) is 78.9 Å². The second-order valence-corrected chi connectivity index (χ2v) is 9.71. The molecule has 1 aliphatic carbocycles. The van der Waals surface area contributed by atoms with Crippen LogP contribution in [0.25, 0.3) is 11.1 Å². The first-order chi connectivity index (χ1) is 18.8. The fraction of sp³-hybridized carbons (Fsp3) is 0.323. The molecule has 3 aromatic carbocycles. The lowest BCUT2D eigenvalue weighted by molar-refractivity contribution is -0.139. The minimum Gasteiger partial charge on any atom is -0.481 e. The Morgan fingerprint density at radius 2 is 1.51 bits per heavy atom. The molecule has 0 saturated carbocycles. The van der Waals surface area contributed by atoms with Crippen molar-refractivity contribution in [2.75, 3.05) is 20.2 Å². The molecule has 2 atom stereocenters. The molecule has 2 amide bonds. The molecule has 2 N–H and O–H groups in total. The first kappa shape index (κ1) is 27.9. The number of ether oxygens (including phenoxy) is 2. The molecule has 1 aliphatic rings. The number of nitrogens with zero attached hydrogens (tertiary/aromatic N) is 1. The summed E-state index contributed by atoms with van der Waals surface area (Å²) in [6, 6.07) is 24.7. The van der Waals surface area contributed by atoms with Crippen molar-refractivity contribution in [3.05, 3.63) is 95.6 Å². The van der Waals surface area contributed by atoms with Crippen LogP contribution in [0.3, 0.4) is 0 Å². The third-order valence-corrected chi connectivity index (χ3v) is 6.97. The number of hydrogen-bond donors (Lipinski definition) is 2. The lowest BCUT2D eigenvalue weighted by Gasteiger charge is -2.28. The highest BCUT2D eigenvalue weighted by atomic mass is 16.5. The van der Waals surface area contributed by atoms with Crippen molar-refractivity contribution < 1.29 is 29.0 Å². The number of fused-ring (bicyclic) bond motifs is 3. The van der Waals surface area contributed by atoms with Crippen LogP contribution in [-0.2, 0) is 25.7 Å². The highest BCUT2D eigenvalue weighted by Gasteiger charge is 2.33. The van der Waals surface area contributed by atoms with Gasteiger partial charge in [-0.2, -0.15) is 0 Å². The maximum atomic E-state index is 13.3. The number of hydrogen-bond acceptors (Lipinski definition) is 5. The summed E-state index contributed by atoms with van der Waals surface area (Å²) in [5.74, 6) is -1.42. The van der Waals surface area contributed by atoms with Crippen LogP contribution in [-0.4, -0.2) is 60.3 Å². The van der Waals surface area contributed by atoms with Crippen LogP contribution in [0.15, 0.2) is 78.9 Å². The molecule has 39 heavy (non-hydrogen) atoms. The summed E-state index contributed by atoms with van der Waals surface area (Å²) >= 11 is 0. The highest BCUT2D eigenvalue weighted by molar-refractivity contribution is 5.86. The van der Waals surface area contributed by atoms with E-state index in [0.717, 1.165) is 27.8 Å². The first-order valence-corrected chi connectivity index (χ1v) is 13.1. The van der Waals surface area contributed by atoms with E-state index in [9.17, 15) is 14.4 Å². The molecular formula is C31H34N2O6. The van der Waals surface area contributed by atoms with Gasteiger partial charge in [-0.05, 0) is 41.2 Å². The summed E-state index contributed by atoms with van der Waals surface area (Å²) in [4.78, 5) is 38.6. The summed E-state index contributed by atoms with van der Waals surface area (Å²) < 4.78 is 11.6. The zero-order valence-corrected chi connectivity index (χ0v) is 22.2. The van der Waals surface area contributed by atoms with E-state index in [2.05, 4.69) is 17.4 Å². The average Bonchev–Trinajstić information content (AvgIpc) is 3.27. The molecule has 204 valence electrons. The largest absolute Gasteiger partial charge is 0.481 e. The Morgan fingerprint density at radius 3 is 2.13 bits per heavy atom. The summed E-state index contributed by atoms with van der Waals surface area (Å²) in [7, 11) is 1.58. The van der Waals surface area contributed by atoms with Gasteiger partial charge in [0.2, 0.25) is 5.91 Å². The van der Waals surface area contributed by atoms with Crippen LogP contribution >= 0.6 is 0 Å². The number of nitrogens with one attached hydrogen (secondary N) is 1. The molecule has 0 saturated heterocycles. The van der Waals surface area contributed by atoms with Gasteiger partial charge in [0.1, 0.15) is 12.6 Å². The van der Waals surface area contributed by atoms with Gasteiger partial charge in [0.05, 0.1) is 12.7 Å². The second-order valence-electron chi connectivity index (χ2n) is 9.71. The van der Waals surface area contributed by atoms with Gasteiger partial charge in [-0.25, -0.2) is 4.79 Å².